The SMILES string of the molecule is COc1cc(NC(=O)[C@H]2CCCN(C(=O)c3ccc4[nH]ccc4c3)C2)cc(OC)c1OC. The minimum atomic E-state index is -0.303. The van der Waals surface area contributed by atoms with Gasteiger partial charge in [-0.3, -0.25) is 9.59 Å². The van der Waals surface area contributed by atoms with Crippen molar-refractivity contribution in [2.75, 3.05) is 39.7 Å². The van der Waals surface area contributed by atoms with Crippen LogP contribution in [0.25, 0.3) is 10.9 Å². The van der Waals surface area contributed by atoms with Crippen molar-refractivity contribution in [1.29, 1.82) is 0 Å². The first-order chi connectivity index (χ1) is 15.5. The van der Waals surface area contributed by atoms with Crippen molar-refractivity contribution < 1.29 is 23.8 Å². The molecular weight excluding hydrogens is 410 g/mol. The molecule has 1 aromatic heterocycles. The molecule has 3 aromatic rings. The van der Waals surface area contributed by atoms with Crippen LogP contribution >= 0.6 is 0 Å². The van der Waals surface area contributed by atoms with Crippen molar-refractivity contribution >= 4 is 28.4 Å². The van der Waals surface area contributed by atoms with Gasteiger partial charge in [-0.1, -0.05) is 0 Å². The molecule has 0 unspecified atom stereocenters. The van der Waals surface area contributed by atoms with Crippen LogP contribution in [-0.4, -0.2) is 56.1 Å². The predicted molar refractivity (Wildman–Crippen MR) is 122 cm³/mol. The van der Waals surface area contributed by atoms with Gasteiger partial charge in [0.1, 0.15) is 0 Å². The molecule has 0 saturated carbocycles. The van der Waals surface area contributed by atoms with Gasteiger partial charge in [0.05, 0.1) is 27.2 Å². The Morgan fingerprint density at radius 2 is 1.78 bits per heavy atom. The number of likely N-dealkylation sites (tertiary alicyclic amines) is 1. The van der Waals surface area contributed by atoms with E-state index in [1.807, 2.05) is 30.5 Å². The van der Waals surface area contributed by atoms with Crippen LogP contribution in [0.4, 0.5) is 5.69 Å². The fourth-order valence-corrected chi connectivity index (χ4v) is 4.14. The summed E-state index contributed by atoms with van der Waals surface area (Å²) in [5.74, 6) is 0.881. The lowest BCUT2D eigenvalue weighted by Gasteiger charge is -2.32. The Labute approximate surface area is 186 Å². The number of rotatable bonds is 6. The van der Waals surface area contributed by atoms with Crippen molar-refractivity contribution in [3.63, 3.8) is 0 Å². The van der Waals surface area contributed by atoms with Gasteiger partial charge in [0.2, 0.25) is 11.7 Å². The summed E-state index contributed by atoms with van der Waals surface area (Å²) < 4.78 is 16.0. The molecule has 0 spiro atoms. The number of piperidine rings is 1. The van der Waals surface area contributed by atoms with Crippen molar-refractivity contribution in [1.82, 2.24) is 9.88 Å². The van der Waals surface area contributed by atoms with Gasteiger partial charge in [-0.15, -0.1) is 0 Å². The lowest BCUT2D eigenvalue weighted by atomic mass is 9.96. The molecule has 2 N–H and O–H groups in total. The monoisotopic (exact) mass is 437 g/mol. The minimum Gasteiger partial charge on any atom is -0.493 e. The van der Waals surface area contributed by atoms with Crippen LogP contribution in [0.2, 0.25) is 0 Å². The highest BCUT2D eigenvalue weighted by Gasteiger charge is 2.29. The Bertz CT molecular complexity index is 1110. The lowest BCUT2D eigenvalue weighted by molar-refractivity contribution is -0.121. The highest BCUT2D eigenvalue weighted by molar-refractivity contribution is 5.99. The average Bonchev–Trinajstić information content (AvgIpc) is 3.30. The number of amides is 2. The van der Waals surface area contributed by atoms with E-state index in [0.29, 0.717) is 41.6 Å². The van der Waals surface area contributed by atoms with Gasteiger partial charge < -0.3 is 29.4 Å². The van der Waals surface area contributed by atoms with E-state index in [9.17, 15) is 9.59 Å². The van der Waals surface area contributed by atoms with E-state index >= 15 is 0 Å². The highest BCUT2D eigenvalue weighted by atomic mass is 16.5. The zero-order chi connectivity index (χ0) is 22.7. The number of nitrogens with zero attached hydrogens (tertiary/aromatic N) is 1. The number of anilines is 1. The van der Waals surface area contributed by atoms with E-state index in [4.69, 9.17) is 14.2 Å². The second-order valence-electron chi connectivity index (χ2n) is 7.77. The largest absolute Gasteiger partial charge is 0.493 e. The molecule has 168 valence electrons. The second kappa shape index (κ2) is 9.21. The van der Waals surface area contributed by atoms with Crippen LogP contribution in [-0.2, 0) is 4.79 Å². The number of ether oxygens (including phenoxy) is 3. The zero-order valence-corrected chi connectivity index (χ0v) is 18.4. The lowest BCUT2D eigenvalue weighted by Crippen LogP contribution is -2.43. The molecule has 32 heavy (non-hydrogen) atoms. The number of carbonyl (C=O) groups is 2. The first kappa shape index (κ1) is 21.5. The van der Waals surface area contributed by atoms with Gasteiger partial charge in [0.15, 0.2) is 11.5 Å². The molecule has 4 rings (SSSR count). The highest BCUT2D eigenvalue weighted by Crippen LogP contribution is 2.40. The zero-order valence-electron chi connectivity index (χ0n) is 18.4. The Kier molecular flexibility index (Phi) is 6.20. The van der Waals surface area contributed by atoms with E-state index in [-0.39, 0.29) is 17.7 Å². The van der Waals surface area contributed by atoms with Gasteiger partial charge in [0, 0.05) is 53.6 Å². The summed E-state index contributed by atoms with van der Waals surface area (Å²) in [7, 11) is 4.58. The summed E-state index contributed by atoms with van der Waals surface area (Å²) in [5.41, 5.74) is 2.16. The van der Waals surface area contributed by atoms with E-state index < -0.39 is 0 Å². The number of fused-ring (bicyclic) bond motifs is 1. The van der Waals surface area contributed by atoms with Crippen LogP contribution in [0.3, 0.4) is 0 Å². The van der Waals surface area contributed by atoms with E-state index in [2.05, 4.69) is 10.3 Å². The number of methoxy groups -OCH3 is 3. The predicted octanol–water partition coefficient (Wildman–Crippen LogP) is 3.68. The maximum atomic E-state index is 13.1. The Morgan fingerprint density at radius 3 is 2.47 bits per heavy atom. The average molecular weight is 437 g/mol. The third-order valence-electron chi connectivity index (χ3n) is 5.81. The van der Waals surface area contributed by atoms with Crippen molar-refractivity contribution in [2.24, 2.45) is 5.92 Å². The molecular formula is C24H27N3O5. The summed E-state index contributed by atoms with van der Waals surface area (Å²) in [6.45, 7) is 1.01. The number of nitrogens with one attached hydrogen (secondary N) is 2. The maximum absolute atomic E-state index is 13.1. The van der Waals surface area contributed by atoms with Gasteiger partial charge in [-0.05, 0) is 37.1 Å². The van der Waals surface area contributed by atoms with E-state index in [1.54, 1.807) is 17.0 Å². The quantitative estimate of drug-likeness (QED) is 0.614. The molecule has 0 bridgehead atoms. The number of aromatic nitrogens is 1. The normalized spacial score (nSPS) is 16.0. The summed E-state index contributed by atoms with van der Waals surface area (Å²) in [5, 5.41) is 3.93. The fraction of sp³-hybridized carbons (Fsp3) is 0.333. The first-order valence-corrected chi connectivity index (χ1v) is 10.5. The molecule has 2 heterocycles. The van der Waals surface area contributed by atoms with Crippen LogP contribution < -0.4 is 19.5 Å². The Morgan fingerprint density at radius 1 is 1.03 bits per heavy atom. The van der Waals surface area contributed by atoms with Crippen LogP contribution in [0, 0.1) is 5.92 Å². The number of aromatic amines is 1. The van der Waals surface area contributed by atoms with Crippen molar-refractivity contribution in [2.45, 2.75) is 12.8 Å². The summed E-state index contributed by atoms with van der Waals surface area (Å²) in [6, 6.07) is 10.9. The van der Waals surface area contributed by atoms with Crippen molar-refractivity contribution in [3.05, 3.63) is 48.2 Å². The number of carbonyl (C=O) groups excluding carboxylic acids is 2. The number of hydrogen-bond acceptors (Lipinski definition) is 5. The fourth-order valence-electron chi connectivity index (χ4n) is 4.14. The maximum Gasteiger partial charge on any atom is 0.253 e. The smallest absolute Gasteiger partial charge is 0.253 e. The van der Waals surface area contributed by atoms with Gasteiger partial charge in [-0.2, -0.15) is 0 Å². The van der Waals surface area contributed by atoms with Crippen LogP contribution in [0.1, 0.15) is 23.2 Å². The standard InChI is InChI=1S/C24H27N3O5/c1-30-20-12-18(13-21(31-2)22(20)32-3)26-23(28)17-5-4-10-27(14-17)24(29)16-6-7-19-15(11-16)8-9-25-19/h6-9,11-13,17,25H,4-5,10,14H2,1-3H3,(H,26,28)/t17-/m0/s1. The van der Waals surface area contributed by atoms with Crippen LogP contribution in [0.5, 0.6) is 17.2 Å². The van der Waals surface area contributed by atoms with Crippen molar-refractivity contribution in [3.8, 4) is 17.2 Å². The topological polar surface area (TPSA) is 92.9 Å². The van der Waals surface area contributed by atoms with Gasteiger partial charge >= 0.3 is 0 Å². The Hall–Kier alpha value is -3.68. The number of benzene rings is 2. The molecule has 0 radical (unpaired) electrons. The molecule has 8 nitrogen and oxygen atoms in total. The molecule has 8 heteroatoms. The third-order valence-corrected chi connectivity index (χ3v) is 5.81. The minimum absolute atomic E-state index is 0.0571. The molecule has 1 aliphatic rings. The van der Waals surface area contributed by atoms with E-state index in [1.165, 1.54) is 21.3 Å². The Balaban J connectivity index is 1.47. The molecule has 1 atom stereocenters. The molecule has 0 aliphatic carbocycles. The molecule has 1 saturated heterocycles. The molecule has 1 aliphatic heterocycles. The first-order valence-electron chi connectivity index (χ1n) is 10.5. The summed E-state index contributed by atoms with van der Waals surface area (Å²) in [4.78, 5) is 31.0. The number of hydrogen-bond donors (Lipinski definition) is 2. The molecule has 1 fully saturated rings. The third kappa shape index (κ3) is 4.21. The number of H-pyrrole nitrogens is 1. The summed E-state index contributed by atoms with van der Waals surface area (Å²) >= 11 is 0. The van der Waals surface area contributed by atoms with Crippen LogP contribution in [0.15, 0.2) is 42.6 Å². The molecule has 2 amide bonds. The summed E-state index contributed by atoms with van der Waals surface area (Å²) in [6.07, 6.45) is 3.34. The second-order valence-corrected chi connectivity index (χ2v) is 7.77. The molecule has 2 aromatic carbocycles. The van der Waals surface area contributed by atoms with E-state index in [0.717, 1.165) is 23.7 Å². The van der Waals surface area contributed by atoms with Gasteiger partial charge in [-0.25, -0.2) is 0 Å². The van der Waals surface area contributed by atoms with Gasteiger partial charge in [0.25, 0.3) is 5.91 Å².